The normalized spacial score (nSPS) is 10.7. The Morgan fingerprint density at radius 3 is 1.83 bits per heavy atom. The lowest BCUT2D eigenvalue weighted by atomic mass is 10.0. The largest absolute Gasteiger partial charge is 0.383 e. The number of H-pyrrole nitrogens is 1. The van der Waals surface area contributed by atoms with E-state index in [0.29, 0.717) is 11.6 Å². The van der Waals surface area contributed by atoms with Crippen molar-refractivity contribution < 1.29 is 0 Å². The molecule has 0 saturated carbocycles. The molecular formula is C25H28N10. The van der Waals surface area contributed by atoms with E-state index in [2.05, 4.69) is 36.0 Å². The van der Waals surface area contributed by atoms with Crippen LogP contribution in [0.5, 0.6) is 0 Å². The Hall–Kier alpha value is -4.73. The molecule has 10 heteroatoms. The summed E-state index contributed by atoms with van der Waals surface area (Å²) in [7, 11) is 0. The van der Waals surface area contributed by atoms with Crippen molar-refractivity contribution in [2.24, 2.45) is 0 Å². The first-order valence-corrected chi connectivity index (χ1v) is 11.2. The molecule has 178 valence electrons. The molecule has 5 aromatic rings. The quantitative estimate of drug-likeness (QED) is 0.263. The molecule has 0 unspecified atom stereocenters. The number of hydrogen-bond acceptors (Lipinski definition) is 9. The van der Waals surface area contributed by atoms with E-state index in [0.717, 1.165) is 57.4 Å². The number of rotatable bonds is 4. The first-order chi connectivity index (χ1) is 16.9. The molecule has 5 rings (SSSR count). The Morgan fingerprint density at radius 1 is 0.686 bits per heavy atom. The summed E-state index contributed by atoms with van der Waals surface area (Å²) in [6.07, 6.45) is 6.86. The topological polar surface area (TPSA) is 184 Å². The van der Waals surface area contributed by atoms with Crippen molar-refractivity contribution in [2.75, 3.05) is 22.9 Å². The number of aryl methyl sites for hydroxylation is 2. The number of pyridine rings is 1. The molecule has 0 aliphatic carbocycles. The summed E-state index contributed by atoms with van der Waals surface area (Å²) in [6.45, 7) is 4.03. The summed E-state index contributed by atoms with van der Waals surface area (Å²) >= 11 is 0. The smallest absolute Gasteiger partial charge is 0.222 e. The average molecular weight is 469 g/mol. The molecule has 9 N–H and O–H groups in total. The molecule has 0 radical (unpaired) electrons. The van der Waals surface area contributed by atoms with Gasteiger partial charge in [-0.1, -0.05) is 19.9 Å². The fourth-order valence-corrected chi connectivity index (χ4v) is 3.96. The number of anilines is 4. The highest BCUT2D eigenvalue weighted by molar-refractivity contribution is 5.88. The van der Waals surface area contributed by atoms with Gasteiger partial charge in [-0.2, -0.15) is 9.97 Å². The van der Waals surface area contributed by atoms with Gasteiger partial charge in [0.1, 0.15) is 11.6 Å². The van der Waals surface area contributed by atoms with Crippen LogP contribution in [-0.2, 0) is 12.8 Å². The summed E-state index contributed by atoms with van der Waals surface area (Å²) < 4.78 is 0. The SMILES string of the molecule is CCc1nc(N)nc(N)c1-c1ccc2[nH]ccc2c1.CCc1nc(N)nc(N)c1-c1ccncc1. The van der Waals surface area contributed by atoms with Crippen LogP contribution in [0.2, 0.25) is 0 Å². The minimum atomic E-state index is 0.215. The van der Waals surface area contributed by atoms with Crippen LogP contribution in [0.15, 0.2) is 55.0 Å². The van der Waals surface area contributed by atoms with E-state index < -0.39 is 0 Å². The van der Waals surface area contributed by atoms with E-state index in [1.807, 2.05) is 50.4 Å². The number of aromatic amines is 1. The van der Waals surface area contributed by atoms with E-state index in [-0.39, 0.29) is 11.9 Å². The molecule has 0 saturated heterocycles. The molecule has 0 aliphatic rings. The lowest BCUT2D eigenvalue weighted by Crippen LogP contribution is -2.06. The zero-order chi connectivity index (χ0) is 24.9. The maximum atomic E-state index is 6.01. The second-order valence-electron chi connectivity index (χ2n) is 7.80. The van der Waals surface area contributed by atoms with Gasteiger partial charge in [0.2, 0.25) is 11.9 Å². The molecule has 0 spiro atoms. The summed E-state index contributed by atoms with van der Waals surface area (Å²) in [6, 6.07) is 11.9. The summed E-state index contributed by atoms with van der Waals surface area (Å²) in [5.74, 6) is 1.28. The van der Waals surface area contributed by atoms with Gasteiger partial charge < -0.3 is 27.9 Å². The van der Waals surface area contributed by atoms with Crippen molar-refractivity contribution in [2.45, 2.75) is 26.7 Å². The number of fused-ring (bicyclic) bond motifs is 1. The Bertz CT molecular complexity index is 1460. The van der Waals surface area contributed by atoms with Crippen LogP contribution in [0.25, 0.3) is 33.2 Å². The maximum absolute atomic E-state index is 6.01. The summed E-state index contributed by atoms with van der Waals surface area (Å²) in [5, 5.41) is 1.13. The molecule has 4 heterocycles. The van der Waals surface area contributed by atoms with Gasteiger partial charge >= 0.3 is 0 Å². The molecule has 0 amide bonds. The predicted molar refractivity (Wildman–Crippen MR) is 141 cm³/mol. The lowest BCUT2D eigenvalue weighted by molar-refractivity contribution is 1.02. The van der Waals surface area contributed by atoms with Crippen molar-refractivity contribution in [3.8, 4) is 22.3 Å². The van der Waals surface area contributed by atoms with Crippen LogP contribution < -0.4 is 22.9 Å². The first kappa shape index (κ1) is 23.4. The van der Waals surface area contributed by atoms with E-state index in [9.17, 15) is 0 Å². The van der Waals surface area contributed by atoms with E-state index in [4.69, 9.17) is 22.9 Å². The van der Waals surface area contributed by atoms with Crippen molar-refractivity contribution in [3.05, 3.63) is 66.4 Å². The Balaban J connectivity index is 0.000000168. The third-order valence-corrected chi connectivity index (χ3v) is 5.54. The number of aromatic nitrogens is 6. The van der Waals surface area contributed by atoms with Crippen molar-refractivity contribution >= 4 is 34.4 Å². The highest BCUT2D eigenvalue weighted by Gasteiger charge is 2.13. The fraction of sp³-hybridized carbons (Fsp3) is 0.160. The maximum Gasteiger partial charge on any atom is 0.222 e. The lowest BCUT2D eigenvalue weighted by Gasteiger charge is -2.11. The number of nitrogen functional groups attached to an aromatic ring is 4. The predicted octanol–water partition coefficient (Wildman–Crippen LogP) is 3.62. The first-order valence-electron chi connectivity index (χ1n) is 11.2. The van der Waals surface area contributed by atoms with Gasteiger partial charge in [0.05, 0.1) is 11.4 Å². The summed E-state index contributed by atoms with van der Waals surface area (Å²) in [5.41, 5.74) is 29.6. The molecule has 1 aromatic carbocycles. The van der Waals surface area contributed by atoms with Gasteiger partial charge in [0.25, 0.3) is 0 Å². The van der Waals surface area contributed by atoms with Crippen molar-refractivity contribution in [1.82, 2.24) is 29.9 Å². The van der Waals surface area contributed by atoms with Gasteiger partial charge in [-0.05, 0) is 59.7 Å². The molecule has 0 atom stereocenters. The average Bonchev–Trinajstić information content (AvgIpc) is 3.32. The van der Waals surface area contributed by atoms with E-state index in [1.54, 1.807) is 12.4 Å². The molecule has 0 bridgehead atoms. The van der Waals surface area contributed by atoms with Gasteiger partial charge in [0.15, 0.2) is 0 Å². The highest BCUT2D eigenvalue weighted by atomic mass is 15.0. The van der Waals surface area contributed by atoms with Gasteiger partial charge in [-0.15, -0.1) is 0 Å². The number of nitrogens with zero attached hydrogens (tertiary/aromatic N) is 5. The van der Waals surface area contributed by atoms with E-state index >= 15 is 0 Å². The highest BCUT2D eigenvalue weighted by Crippen LogP contribution is 2.31. The minimum absolute atomic E-state index is 0.215. The third-order valence-electron chi connectivity index (χ3n) is 5.54. The third kappa shape index (κ3) is 4.96. The Labute approximate surface area is 202 Å². The molecule has 0 fully saturated rings. The molecule has 0 aliphatic heterocycles. The number of nitrogens with one attached hydrogen (secondary N) is 1. The van der Waals surface area contributed by atoms with Crippen LogP contribution in [0.3, 0.4) is 0 Å². The summed E-state index contributed by atoms with van der Waals surface area (Å²) in [4.78, 5) is 23.7. The van der Waals surface area contributed by atoms with Crippen LogP contribution >= 0.6 is 0 Å². The number of nitrogens with two attached hydrogens (primary N) is 4. The van der Waals surface area contributed by atoms with Crippen LogP contribution in [0.1, 0.15) is 25.2 Å². The number of benzene rings is 1. The molecular weight excluding hydrogens is 440 g/mol. The molecule has 4 aromatic heterocycles. The van der Waals surface area contributed by atoms with Gasteiger partial charge in [-0.3, -0.25) is 4.98 Å². The Kier molecular flexibility index (Phi) is 6.72. The fourth-order valence-electron chi connectivity index (χ4n) is 3.96. The van der Waals surface area contributed by atoms with Crippen LogP contribution in [0.4, 0.5) is 23.5 Å². The molecule has 10 nitrogen and oxygen atoms in total. The minimum Gasteiger partial charge on any atom is -0.383 e. The van der Waals surface area contributed by atoms with Gasteiger partial charge in [0, 0.05) is 35.2 Å². The Morgan fingerprint density at radius 2 is 1.26 bits per heavy atom. The zero-order valence-corrected chi connectivity index (χ0v) is 19.7. The second kappa shape index (κ2) is 10.0. The van der Waals surface area contributed by atoms with Crippen LogP contribution in [-0.4, -0.2) is 29.9 Å². The van der Waals surface area contributed by atoms with Crippen LogP contribution in [0, 0.1) is 0 Å². The standard InChI is InChI=1S/C14H15N5.C11H13N5/c1-2-10-12(13(15)19-14(16)18-10)9-3-4-11-8(7-9)5-6-17-11;1-2-8-9(7-3-5-14-6-4-7)10(12)16-11(13)15-8/h3-7,17H,2H2,1H3,(H4,15,16,18,19);3-6H,2H2,1H3,(H4,12,13,15,16). The monoisotopic (exact) mass is 468 g/mol. The van der Waals surface area contributed by atoms with Crippen molar-refractivity contribution in [3.63, 3.8) is 0 Å². The van der Waals surface area contributed by atoms with E-state index in [1.165, 1.54) is 0 Å². The number of hydrogen-bond donors (Lipinski definition) is 5. The van der Waals surface area contributed by atoms with Crippen molar-refractivity contribution in [1.29, 1.82) is 0 Å². The molecule has 35 heavy (non-hydrogen) atoms. The zero-order valence-electron chi connectivity index (χ0n) is 19.7. The van der Waals surface area contributed by atoms with Gasteiger partial charge in [-0.25, -0.2) is 9.97 Å². The second-order valence-corrected chi connectivity index (χ2v) is 7.80.